The van der Waals surface area contributed by atoms with Crippen LogP contribution in [-0.2, 0) is 11.4 Å². The Bertz CT molecular complexity index is 623. The molecule has 4 nitrogen and oxygen atoms in total. The van der Waals surface area contributed by atoms with E-state index in [1.54, 1.807) is 12.1 Å². The van der Waals surface area contributed by atoms with Gasteiger partial charge < -0.3 is 15.2 Å². The number of hydrogen-bond acceptors (Lipinski definition) is 3. The number of aliphatic hydroxyl groups is 1. The van der Waals surface area contributed by atoms with Crippen LogP contribution in [-0.4, -0.2) is 11.0 Å². The SMILES string of the molecule is CC(=O)Nc1ccccc1Oc1ccc(C)cc1CO. The number of aliphatic hydroxyl groups excluding tert-OH is 1. The van der Waals surface area contributed by atoms with Crippen molar-refractivity contribution in [2.75, 3.05) is 5.32 Å². The third kappa shape index (κ3) is 3.36. The van der Waals surface area contributed by atoms with Gasteiger partial charge in [0.05, 0.1) is 12.3 Å². The Balaban J connectivity index is 2.32. The summed E-state index contributed by atoms with van der Waals surface area (Å²) in [6, 6.07) is 12.8. The molecule has 104 valence electrons. The highest BCUT2D eigenvalue weighted by Gasteiger charge is 2.09. The van der Waals surface area contributed by atoms with Crippen LogP contribution in [0.4, 0.5) is 5.69 Å². The van der Waals surface area contributed by atoms with E-state index in [2.05, 4.69) is 5.32 Å². The first kappa shape index (κ1) is 14.1. The monoisotopic (exact) mass is 271 g/mol. The van der Waals surface area contributed by atoms with Crippen LogP contribution in [0.1, 0.15) is 18.1 Å². The average molecular weight is 271 g/mol. The van der Waals surface area contributed by atoms with Gasteiger partial charge in [0.25, 0.3) is 0 Å². The van der Waals surface area contributed by atoms with Crippen molar-refractivity contribution < 1.29 is 14.6 Å². The summed E-state index contributed by atoms with van der Waals surface area (Å²) in [7, 11) is 0. The van der Waals surface area contributed by atoms with Crippen molar-refractivity contribution in [2.45, 2.75) is 20.5 Å². The maximum Gasteiger partial charge on any atom is 0.221 e. The number of aryl methyl sites for hydroxylation is 1. The molecular weight excluding hydrogens is 254 g/mol. The lowest BCUT2D eigenvalue weighted by Crippen LogP contribution is -2.07. The largest absolute Gasteiger partial charge is 0.455 e. The number of carbonyl (C=O) groups excluding carboxylic acids is 1. The lowest BCUT2D eigenvalue weighted by molar-refractivity contribution is -0.114. The van der Waals surface area contributed by atoms with E-state index in [1.807, 2.05) is 37.3 Å². The van der Waals surface area contributed by atoms with Crippen molar-refractivity contribution in [2.24, 2.45) is 0 Å². The smallest absolute Gasteiger partial charge is 0.221 e. The maximum absolute atomic E-state index is 11.2. The first-order valence-corrected chi connectivity index (χ1v) is 6.35. The number of para-hydroxylation sites is 2. The Morgan fingerprint density at radius 1 is 1.20 bits per heavy atom. The summed E-state index contributed by atoms with van der Waals surface area (Å²) in [5.74, 6) is 0.962. The van der Waals surface area contributed by atoms with E-state index in [1.165, 1.54) is 6.92 Å². The molecule has 0 fully saturated rings. The van der Waals surface area contributed by atoms with Crippen molar-refractivity contribution in [1.82, 2.24) is 0 Å². The lowest BCUT2D eigenvalue weighted by atomic mass is 10.1. The molecule has 0 saturated carbocycles. The second-order valence-corrected chi connectivity index (χ2v) is 4.55. The quantitative estimate of drug-likeness (QED) is 0.897. The molecule has 0 spiro atoms. The molecular formula is C16H17NO3. The van der Waals surface area contributed by atoms with E-state index >= 15 is 0 Å². The molecule has 2 rings (SSSR count). The number of rotatable bonds is 4. The van der Waals surface area contributed by atoms with Gasteiger partial charge in [-0.25, -0.2) is 0 Å². The number of amides is 1. The molecule has 0 bridgehead atoms. The van der Waals surface area contributed by atoms with E-state index < -0.39 is 0 Å². The van der Waals surface area contributed by atoms with Crippen LogP contribution in [0.2, 0.25) is 0 Å². The lowest BCUT2D eigenvalue weighted by Gasteiger charge is -2.14. The Kier molecular flexibility index (Phi) is 4.38. The molecule has 4 heteroatoms. The third-order valence-corrected chi connectivity index (χ3v) is 2.80. The Morgan fingerprint density at radius 2 is 1.95 bits per heavy atom. The molecule has 1 amide bonds. The van der Waals surface area contributed by atoms with Gasteiger partial charge in [0, 0.05) is 12.5 Å². The summed E-state index contributed by atoms with van der Waals surface area (Å²) < 4.78 is 5.81. The highest BCUT2D eigenvalue weighted by Crippen LogP contribution is 2.31. The predicted octanol–water partition coefficient (Wildman–Crippen LogP) is 3.24. The van der Waals surface area contributed by atoms with Gasteiger partial charge in [-0.3, -0.25) is 4.79 Å². The fourth-order valence-electron chi connectivity index (χ4n) is 1.90. The van der Waals surface area contributed by atoms with Crippen LogP contribution in [0.3, 0.4) is 0 Å². The number of ether oxygens (including phenoxy) is 1. The van der Waals surface area contributed by atoms with Crippen molar-refractivity contribution >= 4 is 11.6 Å². The van der Waals surface area contributed by atoms with Crippen LogP contribution in [0.5, 0.6) is 11.5 Å². The molecule has 0 unspecified atom stereocenters. The average Bonchev–Trinajstić information content (AvgIpc) is 2.42. The minimum atomic E-state index is -0.160. The van der Waals surface area contributed by atoms with Crippen LogP contribution in [0, 0.1) is 6.92 Å². The third-order valence-electron chi connectivity index (χ3n) is 2.80. The molecule has 0 heterocycles. The Labute approximate surface area is 118 Å². The summed E-state index contributed by atoms with van der Waals surface area (Å²) in [5, 5.41) is 12.1. The first-order valence-electron chi connectivity index (χ1n) is 6.35. The molecule has 2 aromatic carbocycles. The standard InChI is InChI=1S/C16H17NO3/c1-11-7-8-15(13(9-11)10-18)20-16-6-4-3-5-14(16)17-12(2)19/h3-9,18H,10H2,1-2H3,(H,17,19). The zero-order chi connectivity index (χ0) is 14.5. The second-order valence-electron chi connectivity index (χ2n) is 4.55. The number of benzene rings is 2. The van der Waals surface area contributed by atoms with Crippen LogP contribution >= 0.6 is 0 Å². The molecule has 0 aromatic heterocycles. The number of hydrogen-bond donors (Lipinski definition) is 2. The first-order chi connectivity index (χ1) is 9.60. The summed E-state index contributed by atoms with van der Waals surface area (Å²) >= 11 is 0. The van der Waals surface area contributed by atoms with Crippen molar-refractivity contribution in [3.8, 4) is 11.5 Å². The van der Waals surface area contributed by atoms with Gasteiger partial charge in [0.1, 0.15) is 5.75 Å². The van der Waals surface area contributed by atoms with Crippen LogP contribution in [0.25, 0.3) is 0 Å². The zero-order valence-electron chi connectivity index (χ0n) is 11.5. The van der Waals surface area contributed by atoms with E-state index in [0.29, 0.717) is 22.7 Å². The number of anilines is 1. The van der Waals surface area contributed by atoms with Gasteiger partial charge in [0.2, 0.25) is 5.91 Å². The minimum absolute atomic E-state index is 0.0979. The number of nitrogens with one attached hydrogen (secondary N) is 1. The van der Waals surface area contributed by atoms with Crippen molar-refractivity contribution in [1.29, 1.82) is 0 Å². The van der Waals surface area contributed by atoms with Crippen molar-refractivity contribution in [3.63, 3.8) is 0 Å². The topological polar surface area (TPSA) is 58.6 Å². The van der Waals surface area contributed by atoms with Gasteiger partial charge in [-0.15, -0.1) is 0 Å². The molecule has 0 atom stereocenters. The Morgan fingerprint density at radius 3 is 2.65 bits per heavy atom. The van der Waals surface area contributed by atoms with E-state index in [-0.39, 0.29) is 12.5 Å². The molecule has 2 N–H and O–H groups in total. The van der Waals surface area contributed by atoms with E-state index in [9.17, 15) is 9.90 Å². The minimum Gasteiger partial charge on any atom is -0.455 e. The van der Waals surface area contributed by atoms with Gasteiger partial charge >= 0.3 is 0 Å². The molecule has 20 heavy (non-hydrogen) atoms. The second kappa shape index (κ2) is 6.21. The maximum atomic E-state index is 11.2. The van der Waals surface area contributed by atoms with E-state index in [0.717, 1.165) is 5.56 Å². The van der Waals surface area contributed by atoms with Gasteiger partial charge in [0.15, 0.2) is 5.75 Å². The molecule has 0 aliphatic rings. The normalized spacial score (nSPS) is 10.2. The molecule has 0 saturated heterocycles. The summed E-state index contributed by atoms with van der Waals surface area (Å²) in [5.41, 5.74) is 2.36. The summed E-state index contributed by atoms with van der Waals surface area (Å²) in [4.78, 5) is 11.2. The predicted molar refractivity (Wildman–Crippen MR) is 77.9 cm³/mol. The Hall–Kier alpha value is -2.33. The van der Waals surface area contributed by atoms with E-state index in [4.69, 9.17) is 4.74 Å². The van der Waals surface area contributed by atoms with Gasteiger partial charge in [-0.1, -0.05) is 29.8 Å². The highest BCUT2D eigenvalue weighted by atomic mass is 16.5. The molecule has 2 aromatic rings. The van der Waals surface area contributed by atoms with Crippen LogP contribution < -0.4 is 10.1 Å². The molecule has 0 aliphatic carbocycles. The fraction of sp³-hybridized carbons (Fsp3) is 0.188. The molecule has 0 radical (unpaired) electrons. The molecule has 0 aliphatic heterocycles. The number of carbonyl (C=O) groups is 1. The highest BCUT2D eigenvalue weighted by molar-refractivity contribution is 5.90. The van der Waals surface area contributed by atoms with Crippen molar-refractivity contribution in [3.05, 3.63) is 53.6 Å². The zero-order valence-corrected chi connectivity index (χ0v) is 11.5. The van der Waals surface area contributed by atoms with Gasteiger partial charge in [-0.2, -0.15) is 0 Å². The van der Waals surface area contributed by atoms with Gasteiger partial charge in [-0.05, 0) is 25.1 Å². The fourth-order valence-corrected chi connectivity index (χ4v) is 1.90. The summed E-state index contributed by atoms with van der Waals surface area (Å²) in [6.45, 7) is 3.30. The summed E-state index contributed by atoms with van der Waals surface area (Å²) in [6.07, 6.45) is 0. The van der Waals surface area contributed by atoms with Crippen LogP contribution in [0.15, 0.2) is 42.5 Å².